The molecule has 1 aromatic heterocycles. The number of benzene rings is 2. The summed E-state index contributed by atoms with van der Waals surface area (Å²) >= 11 is 0. The second-order valence-electron chi connectivity index (χ2n) is 6.28. The Kier molecular flexibility index (Phi) is 3.26. The van der Waals surface area contributed by atoms with Crippen molar-refractivity contribution in [3.63, 3.8) is 0 Å². The molecule has 0 spiro atoms. The van der Waals surface area contributed by atoms with Crippen molar-refractivity contribution in [1.29, 1.82) is 0 Å². The predicted molar refractivity (Wildman–Crippen MR) is 93.3 cm³/mol. The van der Waals surface area contributed by atoms with Crippen molar-refractivity contribution in [3.8, 4) is 5.75 Å². The first kappa shape index (κ1) is 14.1. The summed E-state index contributed by atoms with van der Waals surface area (Å²) in [5.74, 6) is 1.98. The number of aromatic amines is 1. The van der Waals surface area contributed by atoms with E-state index in [1.165, 1.54) is 22.4 Å². The van der Waals surface area contributed by atoms with Crippen LogP contribution in [0.5, 0.6) is 5.75 Å². The van der Waals surface area contributed by atoms with Crippen LogP contribution in [0.25, 0.3) is 11.0 Å². The second-order valence-corrected chi connectivity index (χ2v) is 6.28. The number of fused-ring (bicyclic) bond motifs is 2. The summed E-state index contributed by atoms with van der Waals surface area (Å²) in [4.78, 5) is 10.7. The molecule has 0 fully saturated rings. The Morgan fingerprint density at radius 3 is 2.87 bits per heavy atom. The molecule has 0 bridgehead atoms. The average molecular weight is 307 g/mol. The van der Waals surface area contributed by atoms with Crippen LogP contribution in [0, 0.1) is 20.8 Å². The Hall–Kier alpha value is -2.49. The lowest BCUT2D eigenvalue weighted by atomic mass is 10.1. The first-order valence-electron chi connectivity index (χ1n) is 8.05. The number of para-hydroxylation sites is 1. The highest BCUT2D eigenvalue weighted by atomic mass is 16.5. The third kappa shape index (κ3) is 2.34. The summed E-state index contributed by atoms with van der Waals surface area (Å²) in [6.07, 6.45) is 0. The van der Waals surface area contributed by atoms with Gasteiger partial charge in [0.1, 0.15) is 18.2 Å². The molecular formula is C19H21N3O. The summed E-state index contributed by atoms with van der Waals surface area (Å²) < 4.78 is 5.79. The van der Waals surface area contributed by atoms with E-state index in [1.807, 2.05) is 12.1 Å². The molecule has 0 amide bonds. The van der Waals surface area contributed by atoms with Crippen LogP contribution in [0.3, 0.4) is 0 Å². The topological polar surface area (TPSA) is 41.2 Å². The molecule has 1 aliphatic rings. The summed E-state index contributed by atoms with van der Waals surface area (Å²) in [5.41, 5.74) is 7.16. The molecule has 1 N–H and O–H groups in total. The van der Waals surface area contributed by atoms with Gasteiger partial charge in [0.2, 0.25) is 0 Å². The molecule has 4 heteroatoms. The molecule has 2 heterocycles. The van der Waals surface area contributed by atoms with Crippen LogP contribution in [0.2, 0.25) is 0 Å². The van der Waals surface area contributed by atoms with Crippen molar-refractivity contribution in [2.75, 3.05) is 18.1 Å². The number of hydrogen-bond donors (Lipinski definition) is 1. The number of rotatable bonds is 2. The number of nitrogens with zero attached hydrogens (tertiary/aromatic N) is 2. The molecule has 0 atom stereocenters. The number of ether oxygens (including phenoxy) is 1. The van der Waals surface area contributed by atoms with Crippen LogP contribution in [0.1, 0.15) is 22.5 Å². The first-order valence-corrected chi connectivity index (χ1v) is 8.05. The lowest BCUT2D eigenvalue weighted by molar-refractivity contribution is 0.306. The van der Waals surface area contributed by atoms with Crippen molar-refractivity contribution in [2.45, 2.75) is 27.3 Å². The van der Waals surface area contributed by atoms with Gasteiger partial charge in [-0.3, -0.25) is 0 Å². The summed E-state index contributed by atoms with van der Waals surface area (Å²) in [7, 11) is 0. The monoisotopic (exact) mass is 307 g/mol. The predicted octanol–water partition coefficient (Wildman–Crippen LogP) is 3.89. The molecule has 23 heavy (non-hydrogen) atoms. The van der Waals surface area contributed by atoms with Crippen molar-refractivity contribution in [2.24, 2.45) is 0 Å². The third-order valence-electron chi connectivity index (χ3n) is 4.70. The smallest absolute Gasteiger partial charge is 0.142 e. The van der Waals surface area contributed by atoms with E-state index in [4.69, 9.17) is 9.72 Å². The molecule has 0 aliphatic carbocycles. The Bertz CT molecular complexity index is 882. The van der Waals surface area contributed by atoms with Crippen LogP contribution in [0.4, 0.5) is 5.69 Å². The van der Waals surface area contributed by atoms with E-state index < -0.39 is 0 Å². The van der Waals surface area contributed by atoms with Gasteiger partial charge in [-0.05, 0) is 49.6 Å². The van der Waals surface area contributed by atoms with Gasteiger partial charge in [0.05, 0.1) is 29.8 Å². The highest BCUT2D eigenvalue weighted by Gasteiger charge is 2.21. The molecular weight excluding hydrogens is 286 g/mol. The van der Waals surface area contributed by atoms with E-state index in [9.17, 15) is 0 Å². The lowest BCUT2D eigenvalue weighted by Gasteiger charge is -2.32. The van der Waals surface area contributed by atoms with E-state index in [2.05, 4.69) is 48.9 Å². The average Bonchev–Trinajstić information content (AvgIpc) is 2.95. The number of imidazole rings is 1. The molecule has 118 valence electrons. The Morgan fingerprint density at radius 1 is 1.13 bits per heavy atom. The van der Waals surface area contributed by atoms with Gasteiger partial charge in [-0.25, -0.2) is 4.98 Å². The molecule has 4 rings (SSSR count). The minimum Gasteiger partial charge on any atom is -0.490 e. The number of nitrogens with one attached hydrogen (secondary N) is 1. The van der Waals surface area contributed by atoms with Gasteiger partial charge < -0.3 is 14.6 Å². The Labute approximate surface area is 136 Å². The minimum atomic E-state index is 0.717. The van der Waals surface area contributed by atoms with Crippen LogP contribution < -0.4 is 9.64 Å². The molecule has 2 aromatic carbocycles. The van der Waals surface area contributed by atoms with E-state index in [0.717, 1.165) is 42.3 Å². The van der Waals surface area contributed by atoms with E-state index >= 15 is 0 Å². The number of hydrogen-bond acceptors (Lipinski definition) is 3. The highest BCUT2D eigenvalue weighted by molar-refractivity contribution is 5.80. The van der Waals surface area contributed by atoms with E-state index in [0.29, 0.717) is 0 Å². The highest BCUT2D eigenvalue weighted by Crippen LogP contribution is 2.35. The largest absolute Gasteiger partial charge is 0.490 e. The maximum absolute atomic E-state index is 5.79. The van der Waals surface area contributed by atoms with Crippen LogP contribution in [-0.2, 0) is 6.54 Å². The lowest BCUT2D eigenvalue weighted by Crippen LogP contribution is -2.33. The second kappa shape index (κ2) is 5.30. The Balaban J connectivity index is 1.71. The minimum absolute atomic E-state index is 0.717. The maximum atomic E-state index is 5.79. The fourth-order valence-electron chi connectivity index (χ4n) is 3.31. The zero-order valence-electron chi connectivity index (χ0n) is 13.8. The number of aromatic nitrogens is 2. The Morgan fingerprint density at radius 2 is 2.00 bits per heavy atom. The standard InChI is InChI=1S/C19H21N3O/c1-12-7-8-15-18(14(12)3)21-17(20-15)11-22-9-10-23-16-6-4-5-13(2)19(16)22/h4-8H,9-11H2,1-3H3,(H,20,21). The molecule has 0 radical (unpaired) electrons. The summed E-state index contributed by atoms with van der Waals surface area (Å²) in [6.45, 7) is 8.77. The van der Waals surface area contributed by atoms with Gasteiger partial charge in [0.15, 0.2) is 0 Å². The SMILES string of the molecule is Cc1cccc2c1N(Cc1nc3c(C)c(C)ccc3[nH]1)CCO2. The molecule has 0 unspecified atom stereocenters. The van der Waals surface area contributed by atoms with Gasteiger partial charge in [-0.2, -0.15) is 0 Å². The van der Waals surface area contributed by atoms with Gasteiger partial charge >= 0.3 is 0 Å². The zero-order chi connectivity index (χ0) is 16.0. The normalized spacial score (nSPS) is 14.0. The van der Waals surface area contributed by atoms with E-state index in [-0.39, 0.29) is 0 Å². The number of anilines is 1. The number of H-pyrrole nitrogens is 1. The van der Waals surface area contributed by atoms with Crippen LogP contribution in [-0.4, -0.2) is 23.1 Å². The fourth-order valence-corrected chi connectivity index (χ4v) is 3.31. The molecule has 0 saturated carbocycles. The molecule has 0 saturated heterocycles. The van der Waals surface area contributed by atoms with Gasteiger partial charge in [0, 0.05) is 0 Å². The third-order valence-corrected chi connectivity index (χ3v) is 4.70. The molecule has 1 aliphatic heterocycles. The quantitative estimate of drug-likeness (QED) is 0.781. The van der Waals surface area contributed by atoms with Gasteiger partial charge in [0.25, 0.3) is 0 Å². The van der Waals surface area contributed by atoms with Crippen molar-refractivity contribution >= 4 is 16.7 Å². The zero-order valence-corrected chi connectivity index (χ0v) is 13.8. The fraction of sp³-hybridized carbons (Fsp3) is 0.316. The van der Waals surface area contributed by atoms with Crippen molar-refractivity contribution < 1.29 is 4.74 Å². The number of aryl methyl sites for hydroxylation is 3. The van der Waals surface area contributed by atoms with Gasteiger partial charge in [-0.15, -0.1) is 0 Å². The van der Waals surface area contributed by atoms with Crippen LogP contribution >= 0.6 is 0 Å². The molecule has 4 nitrogen and oxygen atoms in total. The van der Waals surface area contributed by atoms with Gasteiger partial charge in [-0.1, -0.05) is 18.2 Å². The van der Waals surface area contributed by atoms with Crippen molar-refractivity contribution in [3.05, 3.63) is 52.8 Å². The summed E-state index contributed by atoms with van der Waals surface area (Å²) in [5, 5.41) is 0. The summed E-state index contributed by atoms with van der Waals surface area (Å²) in [6, 6.07) is 10.5. The molecule has 3 aromatic rings. The first-order chi connectivity index (χ1) is 11.1. The van der Waals surface area contributed by atoms with Crippen LogP contribution in [0.15, 0.2) is 30.3 Å². The maximum Gasteiger partial charge on any atom is 0.142 e. The van der Waals surface area contributed by atoms with E-state index in [1.54, 1.807) is 0 Å². The van der Waals surface area contributed by atoms with Crippen molar-refractivity contribution in [1.82, 2.24) is 9.97 Å².